The maximum absolute atomic E-state index is 2.69. The van der Waals surface area contributed by atoms with E-state index in [2.05, 4.69) is 196 Å². The molecule has 50 heavy (non-hydrogen) atoms. The summed E-state index contributed by atoms with van der Waals surface area (Å²) in [6.45, 7) is -0.0731. The molecule has 0 saturated heterocycles. The summed E-state index contributed by atoms with van der Waals surface area (Å²) in [4.78, 5) is 2.51. The molecule has 11 rings (SSSR count). The van der Waals surface area contributed by atoms with Crippen molar-refractivity contribution < 1.29 is 0 Å². The molecule has 0 radical (unpaired) electrons. The van der Waals surface area contributed by atoms with Crippen molar-refractivity contribution in [1.29, 1.82) is 0 Å². The minimum Gasteiger partial charge on any atom is -0.375 e. The average Bonchev–Trinajstić information content (AvgIpc) is 3.72. The van der Waals surface area contributed by atoms with Crippen molar-refractivity contribution in [2.75, 3.05) is 4.90 Å². The summed E-state index contributed by atoms with van der Waals surface area (Å²) in [7, 11) is 0. The number of benzene rings is 7. The van der Waals surface area contributed by atoms with Gasteiger partial charge in [-0.05, 0) is 63.9 Å². The third kappa shape index (κ3) is 3.65. The van der Waals surface area contributed by atoms with Gasteiger partial charge in [0.1, 0.15) is 5.82 Å². The van der Waals surface area contributed by atoms with Gasteiger partial charge in [-0.15, -0.1) is 0 Å². The summed E-state index contributed by atoms with van der Waals surface area (Å²) in [6.07, 6.45) is 0. The molecular weight excluding hydrogens is 605 g/mol. The first-order chi connectivity index (χ1) is 24.9. The Morgan fingerprint density at radius 2 is 1.00 bits per heavy atom. The van der Waals surface area contributed by atoms with Gasteiger partial charge in [-0.25, -0.2) is 0 Å². The fourth-order valence-corrected chi connectivity index (χ4v) is 8.82. The Morgan fingerprint density at radius 3 is 1.74 bits per heavy atom. The number of fused-ring (bicyclic) bond motifs is 6. The summed E-state index contributed by atoms with van der Waals surface area (Å²) in [5, 5.41) is 2.54. The van der Waals surface area contributed by atoms with Crippen LogP contribution in [0.3, 0.4) is 0 Å². The molecule has 4 heterocycles. The van der Waals surface area contributed by atoms with E-state index >= 15 is 0 Å². The van der Waals surface area contributed by atoms with Crippen LogP contribution in [-0.4, -0.2) is 15.9 Å². The SMILES string of the molecule is c1ccc(-c2c(-c3ccccc3)n3c4c(cccc24)-c2cccc4c2B3c2c(n(-c3ccccc3)c3ccccc23)N4c2ccccc2)cc1. The van der Waals surface area contributed by atoms with Crippen LogP contribution in [0.2, 0.25) is 0 Å². The highest BCUT2D eigenvalue weighted by Crippen LogP contribution is 2.50. The molecule has 2 aliphatic rings. The minimum atomic E-state index is -0.0731. The van der Waals surface area contributed by atoms with Gasteiger partial charge in [0, 0.05) is 50.2 Å². The molecule has 0 unspecified atom stereocenters. The Morgan fingerprint density at radius 1 is 0.420 bits per heavy atom. The number of anilines is 3. The summed E-state index contributed by atoms with van der Waals surface area (Å²) in [5.74, 6) is 1.18. The molecule has 0 amide bonds. The van der Waals surface area contributed by atoms with Gasteiger partial charge in [-0.3, -0.25) is 9.47 Å². The van der Waals surface area contributed by atoms with Gasteiger partial charge in [-0.2, -0.15) is 0 Å². The lowest BCUT2D eigenvalue weighted by atomic mass is 9.45. The van der Waals surface area contributed by atoms with Gasteiger partial charge in [0.25, 0.3) is 0 Å². The standard InChI is InChI=1S/C46H30BN3/c1-5-17-31(18-6-1)41-38-28-15-27-36-35-26-16-30-40-42(35)47(50(45(36)38)44(41)32-19-7-2-8-20-32)43-37-25-13-14-29-39(37)48(33-21-9-3-10-22-33)46(43)49(40)34-23-11-4-12-24-34/h1-30H. The van der Waals surface area contributed by atoms with Crippen molar-refractivity contribution >= 4 is 56.8 Å². The normalized spacial score (nSPS) is 12.7. The average molecular weight is 636 g/mol. The van der Waals surface area contributed by atoms with Crippen LogP contribution in [0.1, 0.15) is 0 Å². The second-order valence-electron chi connectivity index (χ2n) is 13.3. The Balaban J connectivity index is 1.37. The molecule has 0 bridgehead atoms. The summed E-state index contributed by atoms with van der Waals surface area (Å²) in [5.41, 5.74) is 16.2. The molecule has 4 heteroatoms. The van der Waals surface area contributed by atoms with Crippen LogP contribution >= 0.6 is 0 Å². The quantitative estimate of drug-likeness (QED) is 0.176. The first-order valence-electron chi connectivity index (χ1n) is 17.3. The summed E-state index contributed by atoms with van der Waals surface area (Å²) < 4.78 is 5.17. The summed E-state index contributed by atoms with van der Waals surface area (Å²) >= 11 is 0. The Labute approximate surface area is 291 Å². The van der Waals surface area contributed by atoms with Gasteiger partial charge >= 0.3 is 6.85 Å². The van der Waals surface area contributed by atoms with Crippen molar-refractivity contribution in [3.05, 3.63) is 182 Å². The van der Waals surface area contributed by atoms with Crippen molar-refractivity contribution in [3.63, 3.8) is 0 Å². The van der Waals surface area contributed by atoms with Gasteiger partial charge in [-0.1, -0.05) is 146 Å². The minimum absolute atomic E-state index is 0.0731. The van der Waals surface area contributed by atoms with Gasteiger partial charge < -0.3 is 4.48 Å². The van der Waals surface area contributed by atoms with E-state index in [1.54, 1.807) is 0 Å². The zero-order valence-electron chi connectivity index (χ0n) is 27.2. The molecular formula is C46H30BN3. The fourth-order valence-electron chi connectivity index (χ4n) is 8.82. The van der Waals surface area contributed by atoms with Gasteiger partial charge in [0.2, 0.25) is 0 Å². The van der Waals surface area contributed by atoms with Crippen LogP contribution in [0.4, 0.5) is 17.2 Å². The molecule has 2 aliphatic heterocycles. The molecule has 0 N–H and O–H groups in total. The maximum Gasteiger partial charge on any atom is 0.335 e. The van der Waals surface area contributed by atoms with Crippen LogP contribution < -0.4 is 15.8 Å². The molecule has 2 aromatic heterocycles. The van der Waals surface area contributed by atoms with Crippen LogP contribution in [0.15, 0.2) is 182 Å². The van der Waals surface area contributed by atoms with Crippen LogP contribution in [0.5, 0.6) is 0 Å². The number of hydrogen-bond donors (Lipinski definition) is 0. The molecule has 0 fully saturated rings. The van der Waals surface area contributed by atoms with Crippen molar-refractivity contribution in [2.45, 2.75) is 0 Å². The Kier molecular flexibility index (Phi) is 5.76. The number of aromatic nitrogens is 2. The highest BCUT2D eigenvalue weighted by molar-refractivity contribution is 6.91. The predicted octanol–water partition coefficient (Wildman–Crippen LogP) is 10.3. The third-order valence-corrected chi connectivity index (χ3v) is 10.7. The molecule has 0 spiro atoms. The first kappa shape index (κ1) is 27.4. The third-order valence-electron chi connectivity index (χ3n) is 10.7. The summed E-state index contributed by atoms with van der Waals surface area (Å²) in [6, 6.07) is 66.5. The van der Waals surface area contributed by atoms with E-state index in [0.717, 1.165) is 11.4 Å². The van der Waals surface area contributed by atoms with Gasteiger partial charge in [0.05, 0.1) is 5.52 Å². The Hall–Kier alpha value is -6.52. The number of hydrogen-bond acceptors (Lipinski definition) is 1. The second kappa shape index (κ2) is 10.5. The van der Waals surface area contributed by atoms with E-state index in [-0.39, 0.29) is 6.85 Å². The van der Waals surface area contributed by atoms with Crippen molar-refractivity contribution in [1.82, 2.24) is 9.05 Å². The van der Waals surface area contributed by atoms with E-state index < -0.39 is 0 Å². The highest BCUT2D eigenvalue weighted by Gasteiger charge is 2.46. The molecule has 3 nitrogen and oxygen atoms in total. The highest BCUT2D eigenvalue weighted by atomic mass is 15.3. The van der Waals surface area contributed by atoms with E-state index in [1.807, 2.05) is 0 Å². The molecule has 0 atom stereocenters. The molecule has 9 aromatic rings. The Bertz CT molecular complexity index is 2750. The molecule has 0 aliphatic carbocycles. The topological polar surface area (TPSA) is 13.1 Å². The molecule has 0 saturated carbocycles. The second-order valence-corrected chi connectivity index (χ2v) is 13.3. The smallest absolute Gasteiger partial charge is 0.335 e. The lowest BCUT2D eigenvalue weighted by Gasteiger charge is -2.40. The van der Waals surface area contributed by atoms with Gasteiger partial charge in [0.15, 0.2) is 0 Å². The zero-order chi connectivity index (χ0) is 32.8. The number of rotatable bonds is 4. The molecule has 232 valence electrons. The van der Waals surface area contributed by atoms with Crippen LogP contribution in [0, 0.1) is 0 Å². The largest absolute Gasteiger partial charge is 0.375 e. The lowest BCUT2D eigenvalue weighted by molar-refractivity contribution is 1.07. The van der Waals surface area contributed by atoms with E-state index in [1.165, 1.54) is 77.7 Å². The monoisotopic (exact) mass is 635 g/mol. The number of nitrogens with zero attached hydrogens (tertiary/aromatic N) is 3. The van der Waals surface area contributed by atoms with Crippen LogP contribution in [-0.2, 0) is 0 Å². The lowest BCUT2D eigenvalue weighted by Crippen LogP contribution is -2.56. The fraction of sp³-hybridized carbons (Fsp3) is 0. The van der Waals surface area contributed by atoms with E-state index in [9.17, 15) is 0 Å². The number of para-hydroxylation sites is 4. The van der Waals surface area contributed by atoms with E-state index in [0.29, 0.717) is 0 Å². The van der Waals surface area contributed by atoms with Crippen molar-refractivity contribution in [3.8, 4) is 39.2 Å². The van der Waals surface area contributed by atoms with E-state index in [4.69, 9.17) is 0 Å². The predicted molar refractivity (Wildman–Crippen MR) is 210 cm³/mol. The van der Waals surface area contributed by atoms with Crippen LogP contribution in [0.25, 0.3) is 61.0 Å². The zero-order valence-corrected chi connectivity index (χ0v) is 27.2. The van der Waals surface area contributed by atoms with Crippen molar-refractivity contribution in [2.24, 2.45) is 0 Å². The molecule has 7 aromatic carbocycles. The maximum atomic E-state index is 2.69. The first-order valence-corrected chi connectivity index (χ1v) is 17.3.